The fourth-order valence-corrected chi connectivity index (χ4v) is 10.2. The highest BCUT2D eigenvalue weighted by atomic mass is 31.2. The molecular formula is C18H32N6O9P2. The van der Waals surface area contributed by atoms with Gasteiger partial charge in [0.05, 0.1) is 12.8 Å². The van der Waals surface area contributed by atoms with Crippen LogP contribution in [0.1, 0.15) is 12.8 Å². The summed E-state index contributed by atoms with van der Waals surface area (Å²) in [5, 5.41) is 33.8. The van der Waals surface area contributed by atoms with Crippen LogP contribution in [0.3, 0.4) is 0 Å². The van der Waals surface area contributed by atoms with Crippen molar-refractivity contribution in [3.05, 3.63) is 0 Å². The zero-order valence-electron chi connectivity index (χ0n) is 19.3. The van der Waals surface area contributed by atoms with Gasteiger partial charge in [0.25, 0.3) is 15.2 Å². The molecule has 5 rings (SSSR count). The summed E-state index contributed by atoms with van der Waals surface area (Å²) >= 11 is 0. The maximum absolute atomic E-state index is 13.4. The molecule has 0 amide bonds. The first-order valence-electron chi connectivity index (χ1n) is 11.5. The van der Waals surface area contributed by atoms with Crippen molar-refractivity contribution in [3.63, 3.8) is 0 Å². The second-order valence-corrected chi connectivity index (χ2v) is 14.7. The summed E-state index contributed by atoms with van der Waals surface area (Å²) in [6.07, 6.45) is -2.29. The zero-order chi connectivity index (χ0) is 25.6. The highest BCUT2D eigenvalue weighted by Crippen LogP contribution is 2.66. The van der Waals surface area contributed by atoms with E-state index < -0.39 is 51.5 Å². The van der Waals surface area contributed by atoms with Crippen LogP contribution in [0.4, 0.5) is 0 Å². The standard InChI is InChI=1S/C12H24N6O2P2.C6H8O7/c19-21(15-5-6-15,16-7-8-16)13-1-2-14(4-3-13)22(20,17-9-10-17)18-11-12-18;7-3(8)1-6(13,5(11)12)2-4(9)10/h1-12H2;13H,1-2H2,(H,7,8)(H,9,10)(H,11,12). The highest BCUT2D eigenvalue weighted by Gasteiger charge is 2.56. The van der Waals surface area contributed by atoms with Crippen molar-refractivity contribution < 1.29 is 43.9 Å². The molecular weight excluding hydrogens is 506 g/mol. The topological polar surface area (TPSA) is 185 Å². The van der Waals surface area contributed by atoms with Gasteiger partial charge in [0.2, 0.25) is 0 Å². The van der Waals surface area contributed by atoms with Gasteiger partial charge in [0.1, 0.15) is 0 Å². The Hall–Kier alpha value is -1.41. The Morgan fingerprint density at radius 2 is 0.743 bits per heavy atom. The van der Waals surface area contributed by atoms with Crippen LogP contribution in [-0.2, 0) is 23.5 Å². The summed E-state index contributed by atoms with van der Waals surface area (Å²) in [6, 6.07) is 0. The second-order valence-electron chi connectivity index (χ2n) is 9.23. The third kappa shape index (κ3) is 5.79. The molecule has 5 aliphatic heterocycles. The third-order valence-corrected chi connectivity index (χ3v) is 13.2. The van der Waals surface area contributed by atoms with Crippen molar-refractivity contribution in [2.24, 2.45) is 0 Å². The minimum atomic E-state index is -2.74. The fourth-order valence-electron chi connectivity index (χ4n) is 4.21. The lowest BCUT2D eigenvalue weighted by Gasteiger charge is -2.42. The van der Waals surface area contributed by atoms with Crippen LogP contribution in [0, 0.1) is 0 Å². The molecule has 0 unspecified atom stereocenters. The van der Waals surface area contributed by atoms with Crippen LogP contribution < -0.4 is 0 Å². The van der Waals surface area contributed by atoms with Gasteiger partial charge in [-0.05, 0) is 0 Å². The van der Waals surface area contributed by atoms with Gasteiger partial charge in [0, 0.05) is 78.5 Å². The number of carbonyl (C=O) groups is 3. The van der Waals surface area contributed by atoms with Crippen molar-refractivity contribution in [1.82, 2.24) is 28.0 Å². The number of aliphatic hydroxyl groups is 1. The first-order valence-corrected chi connectivity index (χ1v) is 14.7. The average molecular weight is 538 g/mol. The second kappa shape index (κ2) is 9.81. The van der Waals surface area contributed by atoms with E-state index in [4.69, 9.17) is 20.4 Å². The van der Waals surface area contributed by atoms with Crippen LogP contribution >= 0.6 is 15.2 Å². The Morgan fingerprint density at radius 1 is 0.543 bits per heavy atom. The molecule has 0 bridgehead atoms. The quantitative estimate of drug-likeness (QED) is 0.182. The van der Waals surface area contributed by atoms with Crippen LogP contribution in [0.25, 0.3) is 0 Å². The minimum absolute atomic E-state index is 0.774. The Balaban J connectivity index is 0.000000193. The zero-order valence-corrected chi connectivity index (χ0v) is 21.1. The Bertz CT molecular complexity index is 860. The third-order valence-electron chi connectivity index (χ3n) is 6.42. The molecule has 0 spiro atoms. The predicted molar refractivity (Wildman–Crippen MR) is 122 cm³/mol. The molecule has 15 nitrogen and oxygen atoms in total. The number of nitrogens with zero attached hydrogens (tertiary/aromatic N) is 6. The summed E-state index contributed by atoms with van der Waals surface area (Å²) in [6.45, 7) is 10.8. The Kier molecular flexibility index (Phi) is 7.47. The molecule has 0 atom stereocenters. The molecule has 5 saturated heterocycles. The van der Waals surface area contributed by atoms with E-state index >= 15 is 0 Å². The fraction of sp³-hybridized carbons (Fsp3) is 0.833. The largest absolute Gasteiger partial charge is 0.481 e. The van der Waals surface area contributed by atoms with Gasteiger partial charge in [-0.3, -0.25) is 18.7 Å². The molecule has 0 aliphatic carbocycles. The predicted octanol–water partition coefficient (Wildman–Crippen LogP) is -1.17. The van der Waals surface area contributed by atoms with E-state index in [0.717, 1.165) is 78.5 Å². The van der Waals surface area contributed by atoms with Gasteiger partial charge < -0.3 is 20.4 Å². The highest BCUT2D eigenvalue weighted by molar-refractivity contribution is 7.57. The monoisotopic (exact) mass is 538 g/mol. The lowest BCUT2D eigenvalue weighted by Crippen LogP contribution is -2.46. The minimum Gasteiger partial charge on any atom is -0.481 e. The molecule has 0 aromatic heterocycles. The van der Waals surface area contributed by atoms with Crippen LogP contribution in [0.5, 0.6) is 0 Å². The van der Waals surface area contributed by atoms with E-state index in [1.807, 2.05) is 0 Å². The first-order chi connectivity index (χ1) is 16.4. The molecule has 4 N–H and O–H groups in total. The summed E-state index contributed by atoms with van der Waals surface area (Å²) in [7, 11) is -4.91. The van der Waals surface area contributed by atoms with E-state index in [0.29, 0.717) is 0 Å². The molecule has 0 aromatic rings. The van der Waals surface area contributed by atoms with Crippen molar-refractivity contribution in [1.29, 1.82) is 0 Å². The summed E-state index contributed by atoms with van der Waals surface area (Å²) in [5.74, 6) is -5.02. The van der Waals surface area contributed by atoms with E-state index in [9.17, 15) is 23.5 Å². The molecule has 0 aromatic carbocycles. The van der Waals surface area contributed by atoms with Gasteiger partial charge in [0.15, 0.2) is 5.60 Å². The SMILES string of the molecule is O=C(O)CC(O)(CC(=O)O)C(=O)O.O=P(N1CC1)(N1CC1)N1CCN(P(=O)(N2CC2)N2CC2)CC1. The normalized spacial score (nSPS) is 24.4. The molecule has 5 aliphatic rings. The molecule has 198 valence electrons. The van der Waals surface area contributed by atoms with Crippen molar-refractivity contribution in [3.8, 4) is 0 Å². The van der Waals surface area contributed by atoms with Crippen LogP contribution in [0.15, 0.2) is 0 Å². The molecule has 0 radical (unpaired) electrons. The number of aliphatic carboxylic acids is 3. The van der Waals surface area contributed by atoms with Gasteiger partial charge in [-0.2, -0.15) is 0 Å². The molecule has 35 heavy (non-hydrogen) atoms. The first kappa shape index (κ1) is 26.6. The molecule has 17 heteroatoms. The van der Waals surface area contributed by atoms with Gasteiger partial charge >= 0.3 is 17.9 Å². The van der Waals surface area contributed by atoms with E-state index in [1.165, 1.54) is 0 Å². The van der Waals surface area contributed by atoms with E-state index in [1.54, 1.807) is 0 Å². The smallest absolute Gasteiger partial charge is 0.336 e. The van der Waals surface area contributed by atoms with Gasteiger partial charge in [-0.15, -0.1) is 0 Å². The number of hydrogen-bond acceptors (Lipinski definition) is 6. The Morgan fingerprint density at radius 3 is 0.886 bits per heavy atom. The van der Waals surface area contributed by atoms with E-state index in [2.05, 4.69) is 28.0 Å². The maximum Gasteiger partial charge on any atom is 0.336 e. The van der Waals surface area contributed by atoms with Crippen LogP contribution in [0.2, 0.25) is 0 Å². The van der Waals surface area contributed by atoms with Gasteiger partial charge in [-0.1, -0.05) is 0 Å². The number of hydrogen-bond donors (Lipinski definition) is 4. The Labute approximate surface area is 202 Å². The summed E-state index contributed by atoms with van der Waals surface area (Å²) < 4.78 is 39.7. The number of piperazine rings is 1. The average Bonchev–Trinajstić information content (AvgIpc) is 3.65. The summed E-state index contributed by atoms with van der Waals surface area (Å²) in [5.41, 5.74) is -2.74. The summed E-state index contributed by atoms with van der Waals surface area (Å²) in [4.78, 5) is 30.5. The lowest BCUT2D eigenvalue weighted by molar-refractivity contribution is -0.170. The molecule has 0 saturated carbocycles. The van der Waals surface area contributed by atoms with Crippen LogP contribution in [-0.4, -0.2) is 150 Å². The van der Waals surface area contributed by atoms with E-state index in [-0.39, 0.29) is 0 Å². The van der Waals surface area contributed by atoms with Crippen molar-refractivity contribution in [2.45, 2.75) is 18.4 Å². The number of carboxylic acids is 3. The van der Waals surface area contributed by atoms with Gasteiger partial charge in [-0.25, -0.2) is 32.8 Å². The lowest BCUT2D eigenvalue weighted by atomic mass is 9.96. The van der Waals surface area contributed by atoms with Crippen molar-refractivity contribution >= 4 is 33.1 Å². The molecule has 5 heterocycles. The maximum atomic E-state index is 13.4. The van der Waals surface area contributed by atoms with Crippen molar-refractivity contribution in [2.75, 3.05) is 78.5 Å². The number of rotatable bonds is 11. The molecule has 5 fully saturated rings. The number of carboxylic acid groups (broad SMARTS) is 3.